The Morgan fingerprint density at radius 2 is 2.00 bits per heavy atom. The first-order valence-corrected chi connectivity index (χ1v) is 8.89. The van der Waals surface area contributed by atoms with Gasteiger partial charge < -0.3 is 14.4 Å². The summed E-state index contributed by atoms with van der Waals surface area (Å²) in [5, 5.41) is 8.97. The lowest BCUT2D eigenvalue weighted by Gasteiger charge is -2.38. The molecule has 7 heteroatoms. The molecule has 3 aromatic rings. The summed E-state index contributed by atoms with van der Waals surface area (Å²) in [5.41, 5.74) is 1.20. The van der Waals surface area contributed by atoms with Crippen LogP contribution in [0.2, 0.25) is 0 Å². The van der Waals surface area contributed by atoms with Gasteiger partial charge in [0.25, 0.3) is 5.91 Å². The highest BCUT2D eigenvalue weighted by Gasteiger charge is 2.33. The molecule has 0 unspecified atom stereocenters. The predicted molar refractivity (Wildman–Crippen MR) is 99.9 cm³/mol. The lowest BCUT2D eigenvalue weighted by Crippen LogP contribution is -2.56. The summed E-state index contributed by atoms with van der Waals surface area (Å²) in [4.78, 5) is 18.5. The molecule has 0 spiro atoms. The number of fused-ring (bicyclic) bond motifs is 1. The average molecular weight is 364 g/mol. The molecular weight excluding hydrogens is 344 g/mol. The first-order valence-electron chi connectivity index (χ1n) is 8.89. The number of pyridine rings is 1. The van der Waals surface area contributed by atoms with Crippen LogP contribution in [0, 0.1) is 0 Å². The molecule has 1 aliphatic heterocycles. The highest BCUT2D eigenvalue weighted by molar-refractivity contribution is 5.92. The first kappa shape index (κ1) is 17.2. The smallest absolute Gasteiger partial charge is 0.274 e. The van der Waals surface area contributed by atoms with Crippen LogP contribution in [0.25, 0.3) is 10.9 Å². The SMILES string of the molecule is CC(C)Oc1ccc(C(=O)N2CC(Oc3ccc4cccnc4c3)C2)nn1. The van der Waals surface area contributed by atoms with E-state index in [1.165, 1.54) is 0 Å². The third kappa shape index (κ3) is 3.81. The quantitative estimate of drug-likeness (QED) is 0.693. The van der Waals surface area contributed by atoms with Gasteiger partial charge in [0.2, 0.25) is 5.88 Å². The first-order chi connectivity index (χ1) is 13.1. The molecule has 1 aliphatic rings. The molecular formula is C20H20N4O3. The van der Waals surface area contributed by atoms with Crippen molar-refractivity contribution in [2.45, 2.75) is 26.1 Å². The van der Waals surface area contributed by atoms with E-state index in [4.69, 9.17) is 9.47 Å². The highest BCUT2D eigenvalue weighted by Crippen LogP contribution is 2.23. The second-order valence-electron chi connectivity index (χ2n) is 6.73. The van der Waals surface area contributed by atoms with Crippen molar-refractivity contribution in [2.24, 2.45) is 0 Å². The van der Waals surface area contributed by atoms with Crippen molar-refractivity contribution >= 4 is 16.8 Å². The van der Waals surface area contributed by atoms with Crippen LogP contribution in [0.5, 0.6) is 11.6 Å². The van der Waals surface area contributed by atoms with Gasteiger partial charge in [0.05, 0.1) is 24.7 Å². The number of rotatable bonds is 5. The maximum atomic E-state index is 12.5. The summed E-state index contributed by atoms with van der Waals surface area (Å²) in [6.07, 6.45) is 1.74. The lowest BCUT2D eigenvalue weighted by molar-refractivity contribution is 0.0173. The van der Waals surface area contributed by atoms with Gasteiger partial charge in [-0.15, -0.1) is 10.2 Å². The van der Waals surface area contributed by atoms with Gasteiger partial charge in [-0.05, 0) is 38.1 Å². The molecule has 0 atom stereocenters. The Morgan fingerprint density at radius 1 is 1.15 bits per heavy atom. The number of aromatic nitrogens is 3. The molecule has 4 rings (SSSR count). The molecule has 3 heterocycles. The van der Waals surface area contributed by atoms with Crippen LogP contribution in [0.3, 0.4) is 0 Å². The fourth-order valence-electron chi connectivity index (χ4n) is 2.89. The molecule has 7 nitrogen and oxygen atoms in total. The standard InChI is InChI=1S/C20H20N4O3/c1-13(2)26-19-8-7-17(22-23-19)20(25)24-11-16(12-24)27-15-6-5-14-4-3-9-21-18(14)10-15/h3-10,13,16H,11-12H2,1-2H3. The summed E-state index contributed by atoms with van der Waals surface area (Å²) < 4.78 is 11.4. The number of hydrogen-bond acceptors (Lipinski definition) is 6. The van der Waals surface area contributed by atoms with E-state index in [1.54, 1.807) is 23.2 Å². The van der Waals surface area contributed by atoms with Crippen LogP contribution in [0.15, 0.2) is 48.7 Å². The molecule has 0 bridgehead atoms. The number of carbonyl (C=O) groups excluding carboxylic acids is 1. The number of hydrogen-bond donors (Lipinski definition) is 0. The summed E-state index contributed by atoms with van der Waals surface area (Å²) in [6, 6.07) is 13.0. The number of likely N-dealkylation sites (tertiary alicyclic amines) is 1. The number of amides is 1. The van der Waals surface area contributed by atoms with Crippen LogP contribution in [0.1, 0.15) is 24.3 Å². The molecule has 2 aromatic heterocycles. The van der Waals surface area contributed by atoms with E-state index in [9.17, 15) is 4.79 Å². The minimum atomic E-state index is -0.154. The number of benzene rings is 1. The molecule has 0 N–H and O–H groups in total. The average Bonchev–Trinajstić information content (AvgIpc) is 2.64. The summed E-state index contributed by atoms with van der Waals surface area (Å²) >= 11 is 0. The maximum absolute atomic E-state index is 12.5. The minimum Gasteiger partial charge on any atom is -0.487 e. The van der Waals surface area contributed by atoms with Crippen molar-refractivity contribution < 1.29 is 14.3 Å². The maximum Gasteiger partial charge on any atom is 0.274 e. The second-order valence-corrected chi connectivity index (χ2v) is 6.73. The van der Waals surface area contributed by atoms with Crippen LogP contribution in [-0.4, -0.2) is 51.3 Å². The topological polar surface area (TPSA) is 77.4 Å². The highest BCUT2D eigenvalue weighted by atomic mass is 16.5. The normalized spacial score (nSPS) is 14.3. The van der Waals surface area contributed by atoms with E-state index < -0.39 is 0 Å². The van der Waals surface area contributed by atoms with E-state index in [-0.39, 0.29) is 18.1 Å². The molecule has 0 aliphatic carbocycles. The Morgan fingerprint density at radius 3 is 2.74 bits per heavy atom. The van der Waals surface area contributed by atoms with E-state index in [0.29, 0.717) is 24.7 Å². The van der Waals surface area contributed by atoms with Crippen LogP contribution >= 0.6 is 0 Å². The molecule has 138 valence electrons. The lowest BCUT2D eigenvalue weighted by atomic mass is 10.1. The zero-order valence-electron chi connectivity index (χ0n) is 15.2. The molecule has 0 radical (unpaired) electrons. The van der Waals surface area contributed by atoms with Crippen molar-refractivity contribution in [2.75, 3.05) is 13.1 Å². The molecule has 27 heavy (non-hydrogen) atoms. The van der Waals surface area contributed by atoms with Gasteiger partial charge in [-0.1, -0.05) is 6.07 Å². The van der Waals surface area contributed by atoms with E-state index in [1.807, 2.05) is 44.2 Å². The summed E-state index contributed by atoms with van der Waals surface area (Å²) in [5.74, 6) is 1.02. The van der Waals surface area contributed by atoms with Gasteiger partial charge in [-0.25, -0.2) is 0 Å². The Balaban J connectivity index is 1.33. The number of ether oxygens (including phenoxy) is 2. The van der Waals surface area contributed by atoms with Gasteiger partial charge >= 0.3 is 0 Å². The van der Waals surface area contributed by atoms with Gasteiger partial charge in [-0.3, -0.25) is 9.78 Å². The van der Waals surface area contributed by atoms with Gasteiger partial charge in [0, 0.05) is 23.7 Å². The fourth-order valence-corrected chi connectivity index (χ4v) is 2.89. The molecule has 1 saturated heterocycles. The van der Waals surface area contributed by atoms with Gasteiger partial charge in [-0.2, -0.15) is 0 Å². The summed E-state index contributed by atoms with van der Waals surface area (Å²) in [7, 11) is 0. The van der Waals surface area contributed by atoms with Crippen molar-refractivity contribution in [3.8, 4) is 11.6 Å². The Kier molecular flexibility index (Phi) is 4.58. The third-order valence-corrected chi connectivity index (χ3v) is 4.23. The van der Waals surface area contributed by atoms with E-state index in [0.717, 1.165) is 16.7 Å². The fraction of sp³-hybridized carbons (Fsp3) is 0.300. The summed E-state index contributed by atoms with van der Waals surface area (Å²) in [6.45, 7) is 4.86. The monoisotopic (exact) mass is 364 g/mol. The Labute approximate surface area is 156 Å². The van der Waals surface area contributed by atoms with Crippen molar-refractivity contribution in [1.82, 2.24) is 20.1 Å². The molecule has 0 saturated carbocycles. The number of carbonyl (C=O) groups is 1. The van der Waals surface area contributed by atoms with Crippen molar-refractivity contribution in [1.29, 1.82) is 0 Å². The van der Waals surface area contributed by atoms with Crippen molar-refractivity contribution in [3.63, 3.8) is 0 Å². The Bertz CT molecular complexity index is 953. The zero-order valence-corrected chi connectivity index (χ0v) is 15.2. The van der Waals surface area contributed by atoms with Crippen LogP contribution in [-0.2, 0) is 0 Å². The third-order valence-electron chi connectivity index (χ3n) is 4.23. The second kappa shape index (κ2) is 7.19. The predicted octanol–water partition coefficient (Wildman–Crippen LogP) is 2.72. The van der Waals surface area contributed by atoms with Crippen LogP contribution in [0.4, 0.5) is 0 Å². The molecule has 1 amide bonds. The molecule has 1 aromatic carbocycles. The van der Waals surface area contributed by atoms with Gasteiger partial charge in [0.15, 0.2) is 5.69 Å². The Hall–Kier alpha value is -3.22. The van der Waals surface area contributed by atoms with Gasteiger partial charge in [0.1, 0.15) is 11.9 Å². The molecule has 1 fully saturated rings. The largest absolute Gasteiger partial charge is 0.487 e. The minimum absolute atomic E-state index is 0.0134. The van der Waals surface area contributed by atoms with E-state index >= 15 is 0 Å². The van der Waals surface area contributed by atoms with E-state index in [2.05, 4.69) is 15.2 Å². The number of nitrogens with zero attached hydrogens (tertiary/aromatic N) is 4. The zero-order chi connectivity index (χ0) is 18.8. The van der Waals surface area contributed by atoms with Crippen LogP contribution < -0.4 is 9.47 Å². The van der Waals surface area contributed by atoms with Crippen molar-refractivity contribution in [3.05, 3.63) is 54.4 Å².